The van der Waals surface area contributed by atoms with E-state index < -0.39 is 5.97 Å². The smallest absolute Gasteiger partial charge is 0.358 e. The zero-order valence-electron chi connectivity index (χ0n) is 16.8. The van der Waals surface area contributed by atoms with Crippen LogP contribution < -0.4 is 10.6 Å². The van der Waals surface area contributed by atoms with Gasteiger partial charge in [-0.2, -0.15) is 0 Å². The van der Waals surface area contributed by atoms with E-state index in [0.717, 1.165) is 12.8 Å². The van der Waals surface area contributed by atoms with E-state index in [2.05, 4.69) is 25.3 Å². The number of nitrogens with one attached hydrogen (secondary N) is 2. The standard InChI is InChI=1S/C20H25N5O5/c1-30-20(29)15-8-21-14(7-22-15)18(27)23-13-4-2-11(3-5-13)19(28)25-9-12-6-17(26)24-16(12)10-25/h7-8,11-13,16H,2-6,9-10H2,1H3,(H,23,27)(H,24,26)/t11?,12-,13?,16+/m0/s1. The Kier molecular flexibility index (Phi) is 5.65. The van der Waals surface area contributed by atoms with Crippen LogP contribution in [0.4, 0.5) is 0 Å². The molecule has 3 aliphatic rings. The van der Waals surface area contributed by atoms with Gasteiger partial charge in [0.25, 0.3) is 5.91 Å². The summed E-state index contributed by atoms with van der Waals surface area (Å²) in [5, 5.41) is 5.88. The third-order valence-corrected chi connectivity index (χ3v) is 6.24. The van der Waals surface area contributed by atoms with Gasteiger partial charge in [0.2, 0.25) is 11.8 Å². The van der Waals surface area contributed by atoms with Crippen molar-refractivity contribution >= 4 is 23.7 Å². The second-order valence-corrected chi connectivity index (χ2v) is 8.18. The van der Waals surface area contributed by atoms with Gasteiger partial charge in [0.1, 0.15) is 5.69 Å². The van der Waals surface area contributed by atoms with E-state index in [0.29, 0.717) is 32.4 Å². The molecule has 2 aliphatic heterocycles. The molecule has 3 heterocycles. The van der Waals surface area contributed by atoms with E-state index >= 15 is 0 Å². The largest absolute Gasteiger partial charge is 0.464 e. The molecule has 2 saturated heterocycles. The molecule has 30 heavy (non-hydrogen) atoms. The Morgan fingerprint density at radius 1 is 1.10 bits per heavy atom. The Balaban J connectivity index is 1.24. The molecule has 0 aromatic carbocycles. The van der Waals surface area contributed by atoms with Crippen molar-refractivity contribution in [3.8, 4) is 0 Å². The predicted molar refractivity (Wildman–Crippen MR) is 103 cm³/mol. The fourth-order valence-corrected chi connectivity index (χ4v) is 4.58. The average molecular weight is 415 g/mol. The third kappa shape index (κ3) is 4.12. The number of aromatic nitrogens is 2. The molecule has 10 heteroatoms. The Morgan fingerprint density at radius 2 is 1.80 bits per heavy atom. The quantitative estimate of drug-likeness (QED) is 0.657. The molecule has 160 valence electrons. The average Bonchev–Trinajstić information content (AvgIpc) is 3.30. The van der Waals surface area contributed by atoms with Gasteiger partial charge in [-0.15, -0.1) is 0 Å². The zero-order valence-corrected chi connectivity index (χ0v) is 16.8. The van der Waals surface area contributed by atoms with Gasteiger partial charge in [-0.25, -0.2) is 14.8 Å². The first-order valence-corrected chi connectivity index (χ1v) is 10.2. The molecule has 0 bridgehead atoms. The van der Waals surface area contributed by atoms with Gasteiger partial charge >= 0.3 is 5.97 Å². The van der Waals surface area contributed by atoms with Gasteiger partial charge in [-0.1, -0.05) is 0 Å². The van der Waals surface area contributed by atoms with E-state index in [1.54, 1.807) is 0 Å². The molecule has 10 nitrogen and oxygen atoms in total. The third-order valence-electron chi connectivity index (χ3n) is 6.24. The SMILES string of the molecule is COC(=O)c1cnc(C(=O)NC2CCC(C(=O)N3C[C@@H]4CC(=O)N[C@@H]4C3)CC2)cn1. The second-order valence-electron chi connectivity index (χ2n) is 8.18. The molecule has 3 amide bonds. The van der Waals surface area contributed by atoms with Crippen molar-refractivity contribution in [2.45, 2.75) is 44.2 Å². The molecule has 3 fully saturated rings. The summed E-state index contributed by atoms with van der Waals surface area (Å²) in [5.41, 5.74) is 0.171. The minimum absolute atomic E-state index is 0.0270. The summed E-state index contributed by atoms with van der Waals surface area (Å²) < 4.78 is 4.56. The van der Waals surface area contributed by atoms with Crippen LogP contribution in [-0.4, -0.2) is 70.8 Å². The van der Waals surface area contributed by atoms with Crippen LogP contribution in [0.5, 0.6) is 0 Å². The fraction of sp³-hybridized carbons (Fsp3) is 0.600. The van der Waals surface area contributed by atoms with E-state index in [1.165, 1.54) is 19.5 Å². The Hall–Kier alpha value is -3.04. The lowest BCUT2D eigenvalue weighted by molar-refractivity contribution is -0.136. The van der Waals surface area contributed by atoms with Crippen LogP contribution in [0.15, 0.2) is 12.4 Å². The topological polar surface area (TPSA) is 131 Å². The van der Waals surface area contributed by atoms with E-state index in [9.17, 15) is 19.2 Å². The van der Waals surface area contributed by atoms with Gasteiger partial charge < -0.3 is 20.3 Å². The van der Waals surface area contributed by atoms with Gasteiger partial charge in [0, 0.05) is 37.4 Å². The summed E-state index contributed by atoms with van der Waals surface area (Å²) >= 11 is 0. The molecule has 1 saturated carbocycles. The highest BCUT2D eigenvalue weighted by Crippen LogP contribution is 2.31. The Morgan fingerprint density at radius 3 is 2.43 bits per heavy atom. The predicted octanol–water partition coefficient (Wildman–Crippen LogP) is -0.101. The molecule has 2 N–H and O–H groups in total. The molecule has 0 radical (unpaired) electrons. The summed E-state index contributed by atoms with van der Waals surface area (Å²) in [4.78, 5) is 57.8. The number of carbonyl (C=O) groups excluding carboxylic acids is 4. The Labute approximate surface area is 173 Å². The van der Waals surface area contributed by atoms with E-state index in [1.807, 2.05) is 4.90 Å². The highest BCUT2D eigenvalue weighted by atomic mass is 16.5. The normalized spacial score (nSPS) is 27.9. The lowest BCUT2D eigenvalue weighted by Gasteiger charge is -2.31. The number of ether oxygens (including phenoxy) is 1. The number of esters is 1. The first kappa shape index (κ1) is 20.2. The first-order chi connectivity index (χ1) is 14.4. The maximum absolute atomic E-state index is 12.8. The van der Waals surface area contributed by atoms with Crippen LogP contribution in [-0.2, 0) is 14.3 Å². The number of carbonyl (C=O) groups is 4. The van der Waals surface area contributed by atoms with Crippen LogP contribution in [0.1, 0.15) is 53.1 Å². The Bertz CT molecular complexity index is 834. The van der Waals surface area contributed by atoms with Crippen molar-refractivity contribution in [3.63, 3.8) is 0 Å². The maximum Gasteiger partial charge on any atom is 0.358 e. The number of amides is 3. The summed E-state index contributed by atoms with van der Waals surface area (Å²) in [6.45, 7) is 1.26. The molecule has 2 atom stereocenters. The van der Waals surface area contributed by atoms with Crippen molar-refractivity contribution in [2.24, 2.45) is 11.8 Å². The number of likely N-dealkylation sites (tertiary alicyclic amines) is 1. The number of hydrogen-bond acceptors (Lipinski definition) is 7. The number of nitrogens with zero attached hydrogens (tertiary/aromatic N) is 3. The fourth-order valence-electron chi connectivity index (χ4n) is 4.58. The van der Waals surface area contributed by atoms with Gasteiger partial charge in [-0.3, -0.25) is 14.4 Å². The van der Waals surface area contributed by atoms with Crippen LogP contribution >= 0.6 is 0 Å². The molecule has 1 aromatic heterocycles. The van der Waals surface area contributed by atoms with E-state index in [-0.39, 0.29) is 53.0 Å². The first-order valence-electron chi connectivity index (χ1n) is 10.2. The number of fused-ring (bicyclic) bond motifs is 1. The van der Waals surface area contributed by atoms with Gasteiger partial charge in [-0.05, 0) is 25.7 Å². The number of methoxy groups -OCH3 is 1. The second kappa shape index (κ2) is 8.37. The molecule has 1 aromatic rings. The van der Waals surface area contributed by atoms with Crippen LogP contribution in [0, 0.1) is 11.8 Å². The van der Waals surface area contributed by atoms with Crippen molar-refractivity contribution < 1.29 is 23.9 Å². The molecular formula is C20H25N5O5. The number of rotatable bonds is 4. The van der Waals surface area contributed by atoms with Crippen LogP contribution in [0.25, 0.3) is 0 Å². The van der Waals surface area contributed by atoms with E-state index in [4.69, 9.17) is 0 Å². The summed E-state index contributed by atoms with van der Waals surface area (Å²) in [7, 11) is 1.25. The summed E-state index contributed by atoms with van der Waals surface area (Å²) in [6, 6.07) is 0.0737. The number of hydrogen-bond donors (Lipinski definition) is 2. The minimum atomic E-state index is -0.610. The summed E-state index contributed by atoms with van der Waals surface area (Å²) in [6.07, 6.45) is 5.84. The molecular weight excluding hydrogens is 390 g/mol. The van der Waals surface area contributed by atoms with Crippen LogP contribution in [0.2, 0.25) is 0 Å². The lowest BCUT2D eigenvalue weighted by atomic mass is 9.85. The molecule has 4 rings (SSSR count). The van der Waals surface area contributed by atoms with Crippen molar-refractivity contribution in [1.29, 1.82) is 0 Å². The minimum Gasteiger partial charge on any atom is -0.464 e. The molecule has 0 spiro atoms. The monoisotopic (exact) mass is 415 g/mol. The van der Waals surface area contributed by atoms with Crippen molar-refractivity contribution in [2.75, 3.05) is 20.2 Å². The molecule has 0 unspecified atom stereocenters. The zero-order chi connectivity index (χ0) is 21.3. The van der Waals surface area contributed by atoms with Crippen molar-refractivity contribution in [3.05, 3.63) is 23.8 Å². The lowest BCUT2D eigenvalue weighted by Crippen LogP contribution is -2.43. The highest BCUT2D eigenvalue weighted by molar-refractivity contribution is 5.93. The van der Waals surface area contributed by atoms with Gasteiger partial charge in [0.15, 0.2) is 5.69 Å². The molecule has 1 aliphatic carbocycles. The van der Waals surface area contributed by atoms with Crippen LogP contribution in [0.3, 0.4) is 0 Å². The highest BCUT2D eigenvalue weighted by Gasteiger charge is 2.43. The summed E-state index contributed by atoms with van der Waals surface area (Å²) in [5.74, 6) is -0.514. The van der Waals surface area contributed by atoms with Gasteiger partial charge in [0.05, 0.1) is 25.5 Å². The van der Waals surface area contributed by atoms with Crippen molar-refractivity contribution in [1.82, 2.24) is 25.5 Å². The maximum atomic E-state index is 12.8.